The van der Waals surface area contributed by atoms with Gasteiger partial charge >= 0.3 is 0 Å². The fourth-order valence-electron chi connectivity index (χ4n) is 1.50. The van der Waals surface area contributed by atoms with E-state index in [2.05, 4.69) is 14.4 Å². The number of rotatable bonds is 0. The predicted octanol–water partition coefficient (Wildman–Crippen LogP) is 1.82. The molecular weight excluding hydrogens is 150 g/mol. The van der Waals surface area contributed by atoms with Crippen LogP contribution in [0.15, 0.2) is 36.8 Å². The zero-order chi connectivity index (χ0) is 7.97. The summed E-state index contributed by atoms with van der Waals surface area (Å²) in [7, 11) is 0. The van der Waals surface area contributed by atoms with Gasteiger partial charge in [0, 0.05) is 12.4 Å². The molecule has 3 aromatic rings. The van der Waals surface area contributed by atoms with Crippen molar-refractivity contribution < 1.29 is 0 Å². The summed E-state index contributed by atoms with van der Waals surface area (Å²) >= 11 is 0. The summed E-state index contributed by atoms with van der Waals surface area (Å²) in [6, 6.07) is 6.08. The van der Waals surface area contributed by atoms with Gasteiger partial charge in [-0.25, -0.2) is 4.98 Å². The first-order valence-electron chi connectivity index (χ1n) is 3.84. The van der Waals surface area contributed by atoms with E-state index in [-0.39, 0.29) is 0 Å². The predicted molar refractivity (Wildman–Crippen MR) is 47.0 cm³/mol. The van der Waals surface area contributed by atoms with Gasteiger partial charge in [0.25, 0.3) is 0 Å². The minimum Gasteiger partial charge on any atom is -0.345 e. The van der Waals surface area contributed by atoms with Gasteiger partial charge < -0.3 is 9.38 Å². The normalized spacial score (nSPS) is 11.3. The molecule has 0 aliphatic rings. The van der Waals surface area contributed by atoms with E-state index in [0.717, 1.165) is 16.7 Å². The molecule has 0 bridgehead atoms. The van der Waals surface area contributed by atoms with Crippen LogP contribution in [0.25, 0.3) is 16.7 Å². The SMILES string of the molecule is c1cc2cnc3[nH]ccc3n2c1. The third-order valence-electron chi connectivity index (χ3n) is 2.07. The zero-order valence-electron chi connectivity index (χ0n) is 6.36. The summed E-state index contributed by atoms with van der Waals surface area (Å²) < 4.78 is 2.11. The molecule has 0 saturated heterocycles. The van der Waals surface area contributed by atoms with Gasteiger partial charge in [-0.15, -0.1) is 0 Å². The van der Waals surface area contributed by atoms with E-state index in [1.807, 2.05) is 36.8 Å². The maximum atomic E-state index is 4.27. The highest BCUT2D eigenvalue weighted by Gasteiger charge is 1.99. The Balaban J connectivity index is 2.71. The number of nitrogens with zero attached hydrogens (tertiary/aromatic N) is 2. The van der Waals surface area contributed by atoms with Crippen molar-refractivity contribution in [2.24, 2.45) is 0 Å². The fraction of sp³-hybridized carbons (Fsp3) is 0. The van der Waals surface area contributed by atoms with Crippen LogP contribution in [0, 0.1) is 0 Å². The number of H-pyrrole nitrogens is 1. The largest absolute Gasteiger partial charge is 0.345 e. The lowest BCUT2D eigenvalue weighted by Crippen LogP contribution is -1.85. The Morgan fingerprint density at radius 1 is 1.33 bits per heavy atom. The Morgan fingerprint density at radius 2 is 2.33 bits per heavy atom. The molecule has 0 aliphatic heterocycles. The van der Waals surface area contributed by atoms with Crippen LogP contribution in [0.4, 0.5) is 0 Å². The van der Waals surface area contributed by atoms with Crippen molar-refractivity contribution in [1.82, 2.24) is 14.4 Å². The maximum Gasteiger partial charge on any atom is 0.154 e. The lowest BCUT2D eigenvalue weighted by atomic mass is 10.5. The Morgan fingerprint density at radius 3 is 3.33 bits per heavy atom. The monoisotopic (exact) mass is 157 g/mol. The van der Waals surface area contributed by atoms with Crippen molar-refractivity contribution in [2.45, 2.75) is 0 Å². The van der Waals surface area contributed by atoms with E-state index in [0.29, 0.717) is 0 Å². The molecule has 0 spiro atoms. The number of aromatic amines is 1. The Kier molecular flexibility index (Phi) is 0.913. The first-order valence-corrected chi connectivity index (χ1v) is 3.84. The second-order valence-electron chi connectivity index (χ2n) is 2.77. The molecule has 3 rings (SSSR count). The third-order valence-corrected chi connectivity index (χ3v) is 2.07. The first kappa shape index (κ1) is 5.83. The van der Waals surface area contributed by atoms with E-state index < -0.39 is 0 Å². The van der Waals surface area contributed by atoms with Gasteiger partial charge in [0.2, 0.25) is 0 Å². The Labute approximate surface area is 68.7 Å². The van der Waals surface area contributed by atoms with Crippen LogP contribution in [0.2, 0.25) is 0 Å². The number of nitrogens with one attached hydrogen (secondary N) is 1. The van der Waals surface area contributed by atoms with Crippen LogP contribution >= 0.6 is 0 Å². The van der Waals surface area contributed by atoms with Gasteiger partial charge in [0.05, 0.1) is 17.2 Å². The molecule has 0 aliphatic carbocycles. The third kappa shape index (κ3) is 0.580. The molecule has 12 heavy (non-hydrogen) atoms. The number of hydrogen-bond acceptors (Lipinski definition) is 1. The van der Waals surface area contributed by atoms with Gasteiger partial charge in [-0.05, 0) is 18.2 Å². The number of aromatic nitrogens is 3. The van der Waals surface area contributed by atoms with Gasteiger partial charge in [0.15, 0.2) is 5.65 Å². The van der Waals surface area contributed by atoms with Crippen molar-refractivity contribution in [1.29, 1.82) is 0 Å². The highest BCUT2D eigenvalue weighted by atomic mass is 15.0. The maximum absolute atomic E-state index is 4.27. The highest BCUT2D eigenvalue weighted by Crippen LogP contribution is 2.12. The average molecular weight is 157 g/mol. The lowest BCUT2D eigenvalue weighted by molar-refractivity contribution is 1.22. The van der Waals surface area contributed by atoms with Gasteiger partial charge in [-0.1, -0.05) is 0 Å². The highest BCUT2D eigenvalue weighted by molar-refractivity contribution is 5.75. The Bertz CT molecular complexity index is 483. The van der Waals surface area contributed by atoms with Gasteiger partial charge in [-0.2, -0.15) is 0 Å². The smallest absolute Gasteiger partial charge is 0.154 e. The fourth-order valence-corrected chi connectivity index (χ4v) is 1.50. The molecule has 0 aromatic carbocycles. The van der Waals surface area contributed by atoms with Crippen LogP contribution < -0.4 is 0 Å². The molecule has 0 radical (unpaired) electrons. The molecule has 0 saturated carbocycles. The second kappa shape index (κ2) is 1.88. The van der Waals surface area contributed by atoms with Crippen LogP contribution in [-0.2, 0) is 0 Å². The minimum atomic E-state index is 0.929. The van der Waals surface area contributed by atoms with Crippen molar-refractivity contribution in [3.05, 3.63) is 36.8 Å². The molecule has 0 atom stereocenters. The molecule has 1 N–H and O–H groups in total. The molecule has 0 unspecified atom stereocenters. The average Bonchev–Trinajstić information content (AvgIpc) is 2.71. The summed E-state index contributed by atoms with van der Waals surface area (Å²) in [5, 5.41) is 0. The van der Waals surface area contributed by atoms with Crippen LogP contribution in [0.1, 0.15) is 0 Å². The van der Waals surface area contributed by atoms with Crippen molar-refractivity contribution in [3.8, 4) is 0 Å². The van der Waals surface area contributed by atoms with Crippen LogP contribution in [0.5, 0.6) is 0 Å². The molecular formula is C9H7N3. The standard InChI is InChI=1S/C9H7N3/c1-2-7-6-11-9-8(3-4-10-9)12(7)5-1/h1-6,10H. The Hall–Kier alpha value is -1.77. The molecule has 3 nitrogen and oxygen atoms in total. The lowest BCUT2D eigenvalue weighted by Gasteiger charge is -1.94. The molecule has 58 valence electrons. The molecule has 0 fully saturated rings. The minimum absolute atomic E-state index is 0.929. The molecule has 3 heteroatoms. The molecule has 0 amide bonds. The van der Waals surface area contributed by atoms with E-state index in [9.17, 15) is 0 Å². The summed E-state index contributed by atoms with van der Waals surface area (Å²) in [5.41, 5.74) is 3.18. The molecule has 3 aromatic heterocycles. The quantitative estimate of drug-likeness (QED) is 0.530. The number of hydrogen-bond donors (Lipinski definition) is 1. The van der Waals surface area contributed by atoms with E-state index >= 15 is 0 Å². The van der Waals surface area contributed by atoms with Gasteiger partial charge in [0.1, 0.15) is 0 Å². The summed E-state index contributed by atoms with van der Waals surface area (Å²) in [4.78, 5) is 7.33. The summed E-state index contributed by atoms with van der Waals surface area (Å²) in [5.74, 6) is 0. The van der Waals surface area contributed by atoms with Crippen molar-refractivity contribution in [2.75, 3.05) is 0 Å². The van der Waals surface area contributed by atoms with E-state index in [1.54, 1.807) is 0 Å². The molecule has 3 heterocycles. The second-order valence-corrected chi connectivity index (χ2v) is 2.77. The van der Waals surface area contributed by atoms with Crippen LogP contribution in [-0.4, -0.2) is 14.4 Å². The number of fused-ring (bicyclic) bond motifs is 3. The van der Waals surface area contributed by atoms with E-state index in [1.165, 1.54) is 0 Å². The topological polar surface area (TPSA) is 33.1 Å². The van der Waals surface area contributed by atoms with Crippen molar-refractivity contribution >= 4 is 16.7 Å². The zero-order valence-corrected chi connectivity index (χ0v) is 6.36. The first-order chi connectivity index (χ1) is 5.95. The van der Waals surface area contributed by atoms with Crippen molar-refractivity contribution in [3.63, 3.8) is 0 Å². The van der Waals surface area contributed by atoms with Gasteiger partial charge in [-0.3, -0.25) is 0 Å². The van der Waals surface area contributed by atoms with E-state index in [4.69, 9.17) is 0 Å². The summed E-state index contributed by atoms with van der Waals surface area (Å²) in [6.07, 6.45) is 5.79. The van der Waals surface area contributed by atoms with Crippen LogP contribution in [0.3, 0.4) is 0 Å². The summed E-state index contributed by atoms with van der Waals surface area (Å²) in [6.45, 7) is 0.